The number of hydrogen-bond acceptors (Lipinski definition) is 4. The highest BCUT2D eigenvalue weighted by Crippen LogP contribution is 2.26. The Morgan fingerprint density at radius 3 is 2.85 bits per heavy atom. The van der Waals surface area contributed by atoms with Crippen molar-refractivity contribution in [3.63, 3.8) is 0 Å². The summed E-state index contributed by atoms with van der Waals surface area (Å²) in [4.78, 5) is 4.20. The van der Waals surface area contributed by atoms with E-state index in [1.54, 1.807) is 29.1 Å². The summed E-state index contributed by atoms with van der Waals surface area (Å²) in [6, 6.07) is 10.3. The minimum atomic E-state index is -0.529. The van der Waals surface area contributed by atoms with Gasteiger partial charge in [0.2, 0.25) is 0 Å². The standard InChI is InChI=1S/C19H20ClFN4O/c1-3-15(26)10-14-11-18(23-17-6-4-5-16(20)19(17)21)24-25(14)13-7-8-22-12(2)9-13/h4-9,11,15,26H,3,10H2,1-2H3,(H,23,24)/t15-/m0/s1. The van der Waals surface area contributed by atoms with Crippen LogP contribution in [0.3, 0.4) is 0 Å². The van der Waals surface area contributed by atoms with Crippen LogP contribution in [0.25, 0.3) is 5.69 Å². The summed E-state index contributed by atoms with van der Waals surface area (Å²) in [5.74, 6) is -0.0578. The van der Waals surface area contributed by atoms with E-state index < -0.39 is 11.9 Å². The van der Waals surface area contributed by atoms with Gasteiger partial charge in [0.25, 0.3) is 0 Å². The molecule has 0 aliphatic rings. The Morgan fingerprint density at radius 1 is 1.31 bits per heavy atom. The summed E-state index contributed by atoms with van der Waals surface area (Å²) in [6.45, 7) is 3.82. The maximum absolute atomic E-state index is 14.2. The predicted molar refractivity (Wildman–Crippen MR) is 101 cm³/mol. The van der Waals surface area contributed by atoms with Crippen LogP contribution < -0.4 is 5.32 Å². The van der Waals surface area contributed by atoms with Crippen LogP contribution in [0.2, 0.25) is 5.02 Å². The molecule has 0 unspecified atom stereocenters. The van der Waals surface area contributed by atoms with Gasteiger partial charge in [-0.1, -0.05) is 24.6 Å². The lowest BCUT2D eigenvalue weighted by Crippen LogP contribution is -2.12. The lowest BCUT2D eigenvalue weighted by Gasteiger charge is -2.10. The first-order valence-electron chi connectivity index (χ1n) is 8.39. The van der Waals surface area contributed by atoms with Gasteiger partial charge < -0.3 is 10.4 Å². The molecule has 1 aromatic carbocycles. The van der Waals surface area contributed by atoms with Gasteiger partial charge in [-0.25, -0.2) is 9.07 Å². The average molecular weight is 375 g/mol. The van der Waals surface area contributed by atoms with Gasteiger partial charge in [0.05, 0.1) is 22.5 Å². The van der Waals surface area contributed by atoms with Crippen LogP contribution in [0.4, 0.5) is 15.9 Å². The highest BCUT2D eigenvalue weighted by atomic mass is 35.5. The van der Waals surface area contributed by atoms with Crippen LogP contribution in [0.5, 0.6) is 0 Å². The smallest absolute Gasteiger partial charge is 0.165 e. The summed E-state index contributed by atoms with van der Waals surface area (Å²) >= 11 is 5.84. The first kappa shape index (κ1) is 18.4. The molecule has 0 bridgehead atoms. The molecule has 0 fully saturated rings. The molecule has 0 saturated carbocycles. The van der Waals surface area contributed by atoms with Crippen molar-refractivity contribution in [3.05, 3.63) is 64.8 Å². The Kier molecular flexibility index (Phi) is 5.54. The van der Waals surface area contributed by atoms with Crippen LogP contribution in [0.1, 0.15) is 24.7 Å². The van der Waals surface area contributed by atoms with Gasteiger partial charge in [-0.05, 0) is 37.6 Å². The number of rotatable bonds is 6. The van der Waals surface area contributed by atoms with E-state index >= 15 is 0 Å². The number of anilines is 2. The molecule has 1 atom stereocenters. The number of aromatic nitrogens is 3. The van der Waals surface area contributed by atoms with Crippen LogP contribution in [0, 0.1) is 12.7 Å². The molecule has 0 radical (unpaired) electrons. The molecule has 0 aliphatic heterocycles. The summed E-state index contributed by atoms with van der Waals surface area (Å²) in [5.41, 5.74) is 2.75. The van der Waals surface area contributed by atoms with Crippen molar-refractivity contribution in [2.24, 2.45) is 0 Å². The Labute approximate surface area is 156 Å². The Balaban J connectivity index is 1.99. The normalized spacial score (nSPS) is 12.2. The number of aliphatic hydroxyl groups is 1. The Hall–Kier alpha value is -2.44. The second kappa shape index (κ2) is 7.85. The highest BCUT2D eigenvalue weighted by Gasteiger charge is 2.15. The summed E-state index contributed by atoms with van der Waals surface area (Å²) in [5, 5.41) is 17.6. The molecule has 0 spiro atoms. The number of nitrogens with one attached hydrogen (secondary N) is 1. The first-order valence-corrected chi connectivity index (χ1v) is 8.76. The Morgan fingerprint density at radius 2 is 2.12 bits per heavy atom. The fourth-order valence-corrected chi connectivity index (χ4v) is 2.81. The molecule has 0 saturated heterocycles. The van der Waals surface area contributed by atoms with Crippen LogP contribution in [-0.2, 0) is 6.42 Å². The number of halogens is 2. The highest BCUT2D eigenvalue weighted by molar-refractivity contribution is 6.31. The van der Waals surface area contributed by atoms with Gasteiger partial charge >= 0.3 is 0 Å². The van der Waals surface area contributed by atoms with Gasteiger partial charge in [0, 0.05) is 30.1 Å². The molecule has 2 aromatic heterocycles. The zero-order valence-electron chi connectivity index (χ0n) is 14.6. The van der Waals surface area contributed by atoms with E-state index in [-0.39, 0.29) is 10.7 Å². The maximum Gasteiger partial charge on any atom is 0.165 e. The molecule has 5 nitrogen and oxygen atoms in total. The molecule has 2 heterocycles. The molecular weight excluding hydrogens is 355 g/mol. The summed E-state index contributed by atoms with van der Waals surface area (Å²) < 4.78 is 15.9. The maximum atomic E-state index is 14.2. The average Bonchev–Trinajstić information content (AvgIpc) is 3.01. The minimum Gasteiger partial charge on any atom is -0.393 e. The van der Waals surface area contributed by atoms with Crippen molar-refractivity contribution in [1.82, 2.24) is 14.8 Å². The molecule has 0 amide bonds. The van der Waals surface area contributed by atoms with Gasteiger partial charge in [0.1, 0.15) is 0 Å². The Bertz CT molecular complexity index is 912. The second-order valence-electron chi connectivity index (χ2n) is 6.08. The monoisotopic (exact) mass is 374 g/mol. The van der Waals surface area contributed by atoms with Gasteiger partial charge in [-0.2, -0.15) is 0 Å². The van der Waals surface area contributed by atoms with Gasteiger partial charge in [-0.3, -0.25) is 4.98 Å². The lowest BCUT2D eigenvalue weighted by molar-refractivity contribution is 0.169. The van der Waals surface area contributed by atoms with Crippen molar-refractivity contribution >= 4 is 23.1 Å². The molecular formula is C19H20ClFN4O. The fraction of sp³-hybridized carbons (Fsp3) is 0.263. The minimum absolute atomic E-state index is 0.0424. The van der Waals surface area contributed by atoms with Crippen LogP contribution >= 0.6 is 11.6 Å². The number of aryl methyl sites for hydroxylation is 1. The van der Waals surface area contributed by atoms with E-state index in [1.165, 1.54) is 6.07 Å². The molecule has 0 aliphatic carbocycles. The van der Waals surface area contributed by atoms with Gasteiger partial charge in [0.15, 0.2) is 11.6 Å². The molecule has 3 aromatic rings. The number of nitrogens with zero attached hydrogens (tertiary/aromatic N) is 3. The molecule has 2 N–H and O–H groups in total. The van der Waals surface area contributed by atoms with Gasteiger partial charge in [-0.15, -0.1) is 5.10 Å². The molecule has 26 heavy (non-hydrogen) atoms. The summed E-state index contributed by atoms with van der Waals surface area (Å²) in [7, 11) is 0. The van der Waals surface area contributed by atoms with E-state index in [9.17, 15) is 9.50 Å². The third-order valence-corrected chi connectivity index (χ3v) is 4.33. The quantitative estimate of drug-likeness (QED) is 0.670. The number of benzene rings is 1. The molecule has 136 valence electrons. The van der Waals surface area contributed by atoms with Crippen molar-refractivity contribution in [2.45, 2.75) is 32.8 Å². The van der Waals surface area contributed by atoms with E-state index in [4.69, 9.17) is 11.6 Å². The molecule has 3 rings (SSSR count). The van der Waals surface area contributed by atoms with Crippen molar-refractivity contribution < 1.29 is 9.50 Å². The number of hydrogen-bond donors (Lipinski definition) is 2. The zero-order valence-corrected chi connectivity index (χ0v) is 15.3. The zero-order chi connectivity index (χ0) is 18.7. The number of pyridine rings is 1. The van der Waals surface area contributed by atoms with E-state index in [1.807, 2.05) is 26.0 Å². The third kappa shape index (κ3) is 4.03. The van der Waals surface area contributed by atoms with Crippen LogP contribution in [-0.4, -0.2) is 26.0 Å². The van der Waals surface area contributed by atoms with E-state index in [2.05, 4.69) is 15.4 Å². The van der Waals surface area contributed by atoms with Crippen molar-refractivity contribution in [3.8, 4) is 5.69 Å². The van der Waals surface area contributed by atoms with Crippen molar-refractivity contribution in [2.75, 3.05) is 5.32 Å². The number of aliphatic hydroxyl groups excluding tert-OH is 1. The second-order valence-corrected chi connectivity index (χ2v) is 6.49. The summed E-state index contributed by atoms with van der Waals surface area (Å²) in [6.07, 6.45) is 2.29. The topological polar surface area (TPSA) is 63.0 Å². The SMILES string of the molecule is CC[C@H](O)Cc1cc(Nc2cccc(Cl)c2F)nn1-c1ccnc(C)c1. The third-order valence-electron chi connectivity index (χ3n) is 4.04. The van der Waals surface area contributed by atoms with Crippen LogP contribution in [0.15, 0.2) is 42.6 Å². The van der Waals surface area contributed by atoms with Crippen molar-refractivity contribution in [1.29, 1.82) is 0 Å². The molecule has 7 heteroatoms. The predicted octanol–water partition coefficient (Wildman–Crippen LogP) is 4.43. The lowest BCUT2D eigenvalue weighted by atomic mass is 10.1. The van der Waals surface area contributed by atoms with E-state index in [0.29, 0.717) is 18.7 Å². The fourth-order valence-electron chi connectivity index (χ4n) is 2.64. The largest absolute Gasteiger partial charge is 0.393 e. The first-order chi connectivity index (χ1) is 12.5. The van der Waals surface area contributed by atoms with E-state index in [0.717, 1.165) is 17.1 Å².